The van der Waals surface area contributed by atoms with Gasteiger partial charge >= 0.3 is 18.1 Å². The molecule has 10 heteroatoms. The Balaban J connectivity index is 2.14. The van der Waals surface area contributed by atoms with Crippen LogP contribution in [0.3, 0.4) is 0 Å². The maximum atomic E-state index is 12.1. The number of alkyl halides is 1. The highest BCUT2D eigenvalue weighted by Crippen LogP contribution is 2.22. The van der Waals surface area contributed by atoms with Crippen molar-refractivity contribution < 1.29 is 33.3 Å². The molecule has 0 N–H and O–H groups in total. The van der Waals surface area contributed by atoms with Gasteiger partial charge < -0.3 is 18.9 Å². The summed E-state index contributed by atoms with van der Waals surface area (Å²) in [6, 6.07) is 6.39. The van der Waals surface area contributed by atoms with E-state index in [0.29, 0.717) is 17.9 Å². The summed E-state index contributed by atoms with van der Waals surface area (Å²) < 4.78 is 19.9. The Kier molecular flexibility index (Phi) is 12.6. The fourth-order valence-electron chi connectivity index (χ4n) is 1.83. The Bertz CT molecular complexity index is 642. The van der Waals surface area contributed by atoms with E-state index in [0.717, 1.165) is 6.42 Å². The van der Waals surface area contributed by atoms with E-state index in [4.69, 9.17) is 30.5 Å². The Labute approximate surface area is 177 Å². The van der Waals surface area contributed by atoms with Gasteiger partial charge in [-0.15, -0.1) is 0 Å². The molecule has 0 fully saturated rings. The van der Waals surface area contributed by atoms with Crippen LogP contribution >= 0.6 is 33.2 Å². The van der Waals surface area contributed by atoms with Gasteiger partial charge in [0.1, 0.15) is 24.5 Å². The van der Waals surface area contributed by atoms with Crippen LogP contribution in [-0.4, -0.2) is 48.4 Å². The summed E-state index contributed by atoms with van der Waals surface area (Å²) in [6.07, 6.45) is 0.610. The van der Waals surface area contributed by atoms with Gasteiger partial charge in [-0.2, -0.15) is 0 Å². The molecule has 0 heterocycles. The molecule has 0 radical (unpaired) electrons. The second-order valence-electron chi connectivity index (χ2n) is 5.28. The van der Waals surface area contributed by atoms with Gasteiger partial charge in [-0.05, 0) is 18.6 Å². The van der Waals surface area contributed by atoms with Gasteiger partial charge in [0.2, 0.25) is 0 Å². The van der Waals surface area contributed by atoms with Gasteiger partial charge in [-0.25, -0.2) is 9.59 Å². The molecule has 1 rings (SSSR count). The SMILES string of the molecule is CCCC(Cl)OC(=O)OCCSSCCOC(=O)c1ccccc1OC(C)=O. The van der Waals surface area contributed by atoms with E-state index in [-0.39, 0.29) is 24.5 Å². The Morgan fingerprint density at radius 1 is 1.07 bits per heavy atom. The molecule has 7 nitrogen and oxygen atoms in total. The van der Waals surface area contributed by atoms with Crippen molar-refractivity contribution in [3.63, 3.8) is 0 Å². The maximum absolute atomic E-state index is 12.1. The zero-order chi connectivity index (χ0) is 20.8. The number of rotatable bonds is 12. The molecule has 28 heavy (non-hydrogen) atoms. The third-order valence-electron chi connectivity index (χ3n) is 2.97. The number of carbonyl (C=O) groups is 3. The van der Waals surface area contributed by atoms with Crippen molar-refractivity contribution >= 4 is 51.3 Å². The molecule has 1 aromatic rings. The van der Waals surface area contributed by atoms with E-state index in [2.05, 4.69) is 0 Å². The van der Waals surface area contributed by atoms with E-state index in [1.807, 2.05) is 6.92 Å². The van der Waals surface area contributed by atoms with E-state index in [1.54, 1.807) is 12.1 Å². The van der Waals surface area contributed by atoms with E-state index in [9.17, 15) is 14.4 Å². The lowest BCUT2D eigenvalue weighted by Crippen LogP contribution is -2.15. The Hall–Kier alpha value is -1.58. The molecule has 0 bridgehead atoms. The predicted octanol–water partition coefficient (Wildman–Crippen LogP) is 4.67. The maximum Gasteiger partial charge on any atom is 0.509 e. The van der Waals surface area contributed by atoms with Crippen molar-refractivity contribution in [1.82, 2.24) is 0 Å². The summed E-state index contributed by atoms with van der Waals surface area (Å²) in [4.78, 5) is 34.5. The molecule has 0 spiro atoms. The fourth-order valence-corrected chi connectivity index (χ4v) is 3.77. The minimum absolute atomic E-state index is 0.171. The molecule has 156 valence electrons. The largest absolute Gasteiger partial charge is 0.509 e. The first-order valence-electron chi connectivity index (χ1n) is 8.60. The topological polar surface area (TPSA) is 88.1 Å². The quantitative estimate of drug-likeness (QED) is 0.148. The zero-order valence-electron chi connectivity index (χ0n) is 15.7. The lowest BCUT2D eigenvalue weighted by molar-refractivity contribution is -0.131. The van der Waals surface area contributed by atoms with E-state index in [1.165, 1.54) is 40.6 Å². The predicted molar refractivity (Wildman–Crippen MR) is 110 cm³/mol. The van der Waals surface area contributed by atoms with Crippen molar-refractivity contribution in [3.05, 3.63) is 29.8 Å². The van der Waals surface area contributed by atoms with Gasteiger partial charge in [-0.1, -0.05) is 58.7 Å². The first kappa shape index (κ1) is 24.5. The van der Waals surface area contributed by atoms with Crippen LogP contribution in [0.5, 0.6) is 5.75 Å². The van der Waals surface area contributed by atoms with Crippen LogP contribution in [0.4, 0.5) is 4.79 Å². The highest BCUT2D eigenvalue weighted by Gasteiger charge is 2.15. The van der Waals surface area contributed by atoms with Crippen LogP contribution in [0, 0.1) is 0 Å². The number of benzene rings is 1. The minimum atomic E-state index is -0.778. The van der Waals surface area contributed by atoms with Crippen molar-refractivity contribution in [2.24, 2.45) is 0 Å². The number of carbonyl (C=O) groups excluding carboxylic acids is 3. The molecule has 0 amide bonds. The number of hydrogen-bond acceptors (Lipinski definition) is 9. The first-order valence-corrected chi connectivity index (χ1v) is 11.5. The molecule has 0 saturated heterocycles. The Morgan fingerprint density at radius 3 is 2.36 bits per heavy atom. The molecule has 1 unspecified atom stereocenters. The lowest BCUT2D eigenvalue weighted by atomic mass is 10.2. The molecular weight excluding hydrogens is 428 g/mol. The summed E-state index contributed by atoms with van der Waals surface area (Å²) in [5, 5.41) is 0. The van der Waals surface area contributed by atoms with Gasteiger partial charge in [0.15, 0.2) is 5.56 Å². The molecule has 0 aliphatic rings. The summed E-state index contributed by atoms with van der Waals surface area (Å²) in [5.41, 5.74) is -0.469. The zero-order valence-corrected chi connectivity index (χ0v) is 18.1. The summed E-state index contributed by atoms with van der Waals surface area (Å²) in [6.45, 7) is 3.59. The van der Waals surface area contributed by atoms with E-state index < -0.39 is 23.7 Å². The van der Waals surface area contributed by atoms with Crippen LogP contribution < -0.4 is 4.74 Å². The molecule has 1 atom stereocenters. The number of para-hydroxylation sites is 1. The number of hydrogen-bond donors (Lipinski definition) is 0. The van der Waals surface area contributed by atoms with Crippen LogP contribution in [0.2, 0.25) is 0 Å². The minimum Gasteiger partial charge on any atom is -0.461 e. The molecule has 0 aliphatic carbocycles. The summed E-state index contributed by atoms with van der Waals surface area (Å²) >= 11 is 5.78. The van der Waals surface area contributed by atoms with Gasteiger partial charge in [-0.3, -0.25) is 4.79 Å². The van der Waals surface area contributed by atoms with Crippen molar-refractivity contribution in [2.45, 2.75) is 32.3 Å². The fraction of sp³-hybridized carbons (Fsp3) is 0.500. The lowest BCUT2D eigenvalue weighted by Gasteiger charge is -2.10. The monoisotopic (exact) mass is 450 g/mol. The average Bonchev–Trinajstić information content (AvgIpc) is 2.63. The number of esters is 2. The highest BCUT2D eigenvalue weighted by molar-refractivity contribution is 8.76. The molecule has 0 saturated carbocycles. The van der Waals surface area contributed by atoms with Gasteiger partial charge in [0, 0.05) is 18.4 Å². The summed E-state index contributed by atoms with van der Waals surface area (Å²) in [5.74, 6) is 0.214. The standard InChI is InChI=1S/C18H23ClO7S2/c1-3-6-16(19)26-18(22)24-10-12-28-27-11-9-23-17(21)14-7-4-5-8-15(14)25-13(2)20/h4-5,7-8,16H,3,6,9-12H2,1-2H3. The van der Waals surface area contributed by atoms with Crippen molar-refractivity contribution in [2.75, 3.05) is 24.7 Å². The van der Waals surface area contributed by atoms with Crippen molar-refractivity contribution in [3.8, 4) is 5.75 Å². The summed E-state index contributed by atoms with van der Waals surface area (Å²) in [7, 11) is 2.95. The van der Waals surface area contributed by atoms with Crippen LogP contribution in [0.15, 0.2) is 24.3 Å². The molecular formula is C18H23ClO7S2. The normalized spacial score (nSPS) is 11.4. The van der Waals surface area contributed by atoms with E-state index >= 15 is 0 Å². The van der Waals surface area contributed by atoms with Gasteiger partial charge in [0.05, 0.1) is 0 Å². The van der Waals surface area contributed by atoms with Crippen LogP contribution in [0.1, 0.15) is 37.0 Å². The van der Waals surface area contributed by atoms with Crippen LogP contribution in [-0.2, 0) is 19.0 Å². The first-order chi connectivity index (χ1) is 13.4. The average molecular weight is 451 g/mol. The third kappa shape index (κ3) is 10.7. The Morgan fingerprint density at radius 2 is 1.71 bits per heavy atom. The van der Waals surface area contributed by atoms with Crippen molar-refractivity contribution in [1.29, 1.82) is 0 Å². The molecule has 0 aliphatic heterocycles. The highest BCUT2D eigenvalue weighted by atomic mass is 35.5. The smallest absolute Gasteiger partial charge is 0.461 e. The number of halogens is 1. The second kappa shape index (κ2) is 14.4. The second-order valence-corrected chi connectivity index (χ2v) is 8.47. The van der Waals surface area contributed by atoms with Gasteiger partial charge in [0.25, 0.3) is 0 Å². The molecule has 0 aromatic heterocycles. The third-order valence-corrected chi connectivity index (χ3v) is 5.61. The van der Waals surface area contributed by atoms with Crippen LogP contribution in [0.25, 0.3) is 0 Å². The number of ether oxygens (including phenoxy) is 4. The molecule has 1 aromatic carbocycles.